The van der Waals surface area contributed by atoms with Crippen molar-refractivity contribution in [2.45, 2.75) is 39.7 Å². The summed E-state index contributed by atoms with van der Waals surface area (Å²) in [6, 6.07) is 8.66. The number of rotatable bonds is 11. The minimum atomic E-state index is 0. The number of guanidine groups is 1. The van der Waals surface area contributed by atoms with Crippen molar-refractivity contribution in [1.29, 1.82) is 0 Å². The van der Waals surface area contributed by atoms with Crippen LogP contribution < -0.4 is 15.5 Å². The van der Waals surface area contributed by atoms with Gasteiger partial charge in [-0.15, -0.1) is 24.0 Å². The van der Waals surface area contributed by atoms with Gasteiger partial charge in [0.25, 0.3) is 0 Å². The summed E-state index contributed by atoms with van der Waals surface area (Å²) in [5.74, 6) is 0.877. The average molecular weight is 504 g/mol. The highest BCUT2D eigenvalue weighted by Crippen LogP contribution is 2.15. The van der Waals surface area contributed by atoms with Crippen LogP contribution >= 0.6 is 24.0 Å². The molecule has 0 spiro atoms. The quantitative estimate of drug-likeness (QED) is 0.210. The number of hydrogen-bond donors (Lipinski definition) is 2. The number of ether oxygens (including phenoxy) is 2. The summed E-state index contributed by atoms with van der Waals surface area (Å²) in [6.07, 6.45) is 2.22. The van der Waals surface area contributed by atoms with Crippen LogP contribution in [0.4, 0.5) is 5.69 Å². The number of anilines is 1. The molecule has 0 amide bonds. The van der Waals surface area contributed by atoms with Crippen molar-refractivity contribution in [1.82, 2.24) is 10.6 Å². The van der Waals surface area contributed by atoms with Crippen molar-refractivity contribution >= 4 is 35.6 Å². The first-order valence-corrected chi connectivity index (χ1v) is 10.3. The fraction of sp³-hybridized carbons (Fsp3) is 0.667. The molecule has 0 radical (unpaired) electrons. The Morgan fingerprint density at radius 1 is 1.32 bits per heavy atom. The third-order valence-corrected chi connectivity index (χ3v) is 4.58. The third kappa shape index (κ3) is 9.43. The number of nitrogens with one attached hydrogen (secondary N) is 2. The molecule has 1 unspecified atom stereocenters. The zero-order valence-electron chi connectivity index (χ0n) is 17.6. The number of hydrogen-bond acceptors (Lipinski definition) is 4. The minimum Gasteiger partial charge on any atom is -0.379 e. The van der Waals surface area contributed by atoms with Gasteiger partial charge in [0.2, 0.25) is 0 Å². The lowest BCUT2D eigenvalue weighted by Gasteiger charge is -2.24. The Morgan fingerprint density at radius 2 is 2.18 bits per heavy atom. The zero-order valence-corrected chi connectivity index (χ0v) is 19.9. The summed E-state index contributed by atoms with van der Waals surface area (Å²) in [7, 11) is 0. The molecule has 0 saturated carbocycles. The predicted octanol–water partition coefficient (Wildman–Crippen LogP) is 3.19. The Bertz CT molecular complexity index is 565. The Kier molecular flexibility index (Phi) is 13.3. The first-order chi connectivity index (χ1) is 13.2. The van der Waals surface area contributed by atoms with Gasteiger partial charge in [-0.05, 0) is 51.3 Å². The molecule has 1 atom stereocenters. The second-order valence-electron chi connectivity index (χ2n) is 6.82. The molecule has 6 nitrogen and oxygen atoms in total. The molecule has 1 aliphatic heterocycles. The predicted molar refractivity (Wildman–Crippen MR) is 128 cm³/mol. The molecule has 1 aromatic carbocycles. The second-order valence-corrected chi connectivity index (χ2v) is 6.82. The highest BCUT2D eigenvalue weighted by atomic mass is 127. The van der Waals surface area contributed by atoms with Gasteiger partial charge in [-0.25, -0.2) is 0 Å². The van der Waals surface area contributed by atoms with Crippen LogP contribution in [0.15, 0.2) is 29.3 Å². The Labute approximate surface area is 187 Å². The minimum absolute atomic E-state index is 0. The van der Waals surface area contributed by atoms with Crippen molar-refractivity contribution in [3.63, 3.8) is 0 Å². The molecule has 2 rings (SSSR count). The maximum absolute atomic E-state index is 5.79. The molecule has 2 N–H and O–H groups in total. The fourth-order valence-electron chi connectivity index (χ4n) is 3.10. The molecule has 1 heterocycles. The SMILES string of the molecule is CCNC(=NCCCOC1CCOC1)NCCN(CC)c1cccc(C)c1.I. The molecule has 7 heteroatoms. The number of aryl methyl sites for hydroxylation is 1. The average Bonchev–Trinajstić information content (AvgIpc) is 3.18. The smallest absolute Gasteiger partial charge is 0.191 e. The summed E-state index contributed by atoms with van der Waals surface area (Å²) in [4.78, 5) is 7.03. The fourth-order valence-corrected chi connectivity index (χ4v) is 3.10. The van der Waals surface area contributed by atoms with Gasteiger partial charge in [0.1, 0.15) is 0 Å². The van der Waals surface area contributed by atoms with E-state index in [0.29, 0.717) is 0 Å². The molecule has 1 fully saturated rings. The highest BCUT2D eigenvalue weighted by Gasteiger charge is 2.15. The van der Waals surface area contributed by atoms with Gasteiger partial charge in [-0.1, -0.05) is 12.1 Å². The van der Waals surface area contributed by atoms with Crippen LogP contribution in [0.5, 0.6) is 0 Å². The standard InChI is InChI=1S/C21H36N4O2.HI/c1-4-22-21(23-11-7-14-27-20-10-15-26-17-20)24-12-13-25(5-2)19-9-6-8-18(3)16-19;/h6,8-9,16,20H,4-5,7,10-15,17H2,1-3H3,(H2,22,23,24);1H. The van der Waals surface area contributed by atoms with Crippen molar-refractivity contribution < 1.29 is 9.47 Å². The first kappa shape index (κ1) is 25.0. The summed E-state index contributed by atoms with van der Waals surface area (Å²) < 4.78 is 11.1. The molecule has 0 aliphatic carbocycles. The normalized spacial score (nSPS) is 16.5. The summed E-state index contributed by atoms with van der Waals surface area (Å²) in [5, 5.41) is 6.75. The number of halogens is 1. The number of aliphatic imine (C=N–C) groups is 1. The second kappa shape index (κ2) is 14.9. The van der Waals surface area contributed by atoms with Gasteiger partial charge in [-0.2, -0.15) is 0 Å². The van der Waals surface area contributed by atoms with E-state index >= 15 is 0 Å². The molecule has 28 heavy (non-hydrogen) atoms. The Morgan fingerprint density at radius 3 is 2.86 bits per heavy atom. The summed E-state index contributed by atoms with van der Waals surface area (Å²) in [5.41, 5.74) is 2.56. The maximum Gasteiger partial charge on any atom is 0.191 e. The highest BCUT2D eigenvalue weighted by molar-refractivity contribution is 14.0. The van der Waals surface area contributed by atoms with E-state index in [4.69, 9.17) is 9.47 Å². The van der Waals surface area contributed by atoms with E-state index in [1.165, 1.54) is 11.3 Å². The number of likely N-dealkylation sites (N-methyl/N-ethyl adjacent to an activating group) is 1. The van der Waals surface area contributed by atoms with Crippen LogP contribution in [0, 0.1) is 6.92 Å². The largest absolute Gasteiger partial charge is 0.379 e. The van der Waals surface area contributed by atoms with E-state index < -0.39 is 0 Å². The van der Waals surface area contributed by atoms with Gasteiger partial charge in [-0.3, -0.25) is 4.99 Å². The monoisotopic (exact) mass is 504 g/mol. The van der Waals surface area contributed by atoms with Crippen molar-refractivity contribution in [2.75, 3.05) is 57.4 Å². The van der Waals surface area contributed by atoms with Crippen LogP contribution in [0.3, 0.4) is 0 Å². The molecule has 0 bridgehead atoms. The topological polar surface area (TPSA) is 58.1 Å². The van der Waals surface area contributed by atoms with E-state index in [0.717, 1.165) is 71.3 Å². The van der Waals surface area contributed by atoms with Crippen LogP contribution in [0.25, 0.3) is 0 Å². The van der Waals surface area contributed by atoms with E-state index in [-0.39, 0.29) is 30.1 Å². The lowest BCUT2D eigenvalue weighted by Crippen LogP contribution is -2.41. The molecule has 0 aromatic heterocycles. The van der Waals surface area contributed by atoms with Crippen LogP contribution in [-0.2, 0) is 9.47 Å². The number of nitrogens with zero attached hydrogens (tertiary/aromatic N) is 2. The van der Waals surface area contributed by atoms with E-state index in [9.17, 15) is 0 Å². The van der Waals surface area contributed by atoms with Crippen LogP contribution in [0.1, 0.15) is 32.3 Å². The van der Waals surface area contributed by atoms with Gasteiger partial charge < -0.3 is 25.0 Å². The molecular formula is C21H37IN4O2. The molecule has 160 valence electrons. The summed E-state index contributed by atoms with van der Waals surface area (Å²) >= 11 is 0. The van der Waals surface area contributed by atoms with Crippen LogP contribution in [0.2, 0.25) is 0 Å². The van der Waals surface area contributed by atoms with E-state index in [2.05, 4.69) is 65.6 Å². The van der Waals surface area contributed by atoms with Crippen molar-refractivity contribution in [3.05, 3.63) is 29.8 Å². The van der Waals surface area contributed by atoms with Gasteiger partial charge in [0, 0.05) is 51.6 Å². The van der Waals surface area contributed by atoms with E-state index in [1.807, 2.05) is 0 Å². The zero-order chi connectivity index (χ0) is 19.3. The Balaban J connectivity index is 0.00000392. The summed E-state index contributed by atoms with van der Waals surface area (Å²) in [6.45, 7) is 13.1. The number of benzene rings is 1. The lowest BCUT2D eigenvalue weighted by atomic mass is 10.2. The molecule has 1 saturated heterocycles. The van der Waals surface area contributed by atoms with Crippen molar-refractivity contribution in [3.8, 4) is 0 Å². The third-order valence-electron chi connectivity index (χ3n) is 4.58. The van der Waals surface area contributed by atoms with Gasteiger partial charge in [0.15, 0.2) is 5.96 Å². The Hall–Kier alpha value is -1.06. The van der Waals surface area contributed by atoms with Crippen molar-refractivity contribution in [2.24, 2.45) is 4.99 Å². The van der Waals surface area contributed by atoms with E-state index in [1.54, 1.807) is 0 Å². The molecular weight excluding hydrogens is 467 g/mol. The van der Waals surface area contributed by atoms with Gasteiger partial charge >= 0.3 is 0 Å². The lowest BCUT2D eigenvalue weighted by molar-refractivity contribution is 0.0424. The molecule has 1 aliphatic rings. The first-order valence-electron chi connectivity index (χ1n) is 10.3. The van der Waals surface area contributed by atoms with Gasteiger partial charge in [0.05, 0.1) is 12.7 Å². The maximum atomic E-state index is 5.79. The molecule has 1 aromatic rings. The van der Waals surface area contributed by atoms with Crippen LogP contribution in [-0.4, -0.2) is 64.6 Å².